The third kappa shape index (κ3) is 5.04. The van der Waals surface area contributed by atoms with E-state index in [1.165, 1.54) is 21.5 Å². The first-order valence-corrected chi connectivity index (χ1v) is 19.3. The Kier molecular flexibility index (Phi) is 6.89. The summed E-state index contributed by atoms with van der Waals surface area (Å²) in [5.41, 5.74) is 9.77. The normalized spacial score (nSPS) is 11.9. The van der Waals surface area contributed by atoms with Crippen LogP contribution in [-0.4, -0.2) is 4.98 Å². The Morgan fingerprint density at radius 3 is 1.88 bits per heavy atom. The van der Waals surface area contributed by atoms with Crippen molar-refractivity contribution in [3.63, 3.8) is 0 Å². The van der Waals surface area contributed by atoms with Gasteiger partial charge in [-0.1, -0.05) is 127 Å². The van der Waals surface area contributed by atoms with Crippen LogP contribution in [0.5, 0.6) is 0 Å². The first-order chi connectivity index (χ1) is 28.2. The van der Waals surface area contributed by atoms with Gasteiger partial charge in [-0.25, -0.2) is 4.98 Å². The molecule has 0 bridgehead atoms. The van der Waals surface area contributed by atoms with Crippen molar-refractivity contribution in [1.29, 1.82) is 0 Å². The average molecular weight is 729 g/mol. The lowest BCUT2D eigenvalue weighted by Gasteiger charge is -2.28. The Balaban J connectivity index is 1.12. The smallest absolute Gasteiger partial charge is 0.227 e. The van der Waals surface area contributed by atoms with Crippen molar-refractivity contribution in [1.82, 2.24) is 4.98 Å². The van der Waals surface area contributed by atoms with E-state index in [0.29, 0.717) is 5.89 Å². The van der Waals surface area contributed by atoms with Gasteiger partial charge in [-0.2, -0.15) is 0 Å². The molecular weight excluding hydrogens is 697 g/mol. The lowest BCUT2D eigenvalue weighted by atomic mass is 9.97. The highest BCUT2D eigenvalue weighted by Gasteiger charge is 2.21. The summed E-state index contributed by atoms with van der Waals surface area (Å²) >= 11 is 0. The van der Waals surface area contributed by atoms with Crippen LogP contribution < -0.4 is 4.90 Å². The molecule has 57 heavy (non-hydrogen) atoms. The fourth-order valence-electron chi connectivity index (χ4n) is 8.71. The van der Waals surface area contributed by atoms with Gasteiger partial charge in [-0.05, 0) is 110 Å². The molecule has 4 heteroatoms. The number of anilines is 3. The van der Waals surface area contributed by atoms with E-state index in [-0.39, 0.29) is 0 Å². The van der Waals surface area contributed by atoms with Crippen molar-refractivity contribution in [2.45, 2.75) is 0 Å². The highest BCUT2D eigenvalue weighted by atomic mass is 16.3. The topological polar surface area (TPSA) is 42.4 Å². The Bertz CT molecular complexity index is 3530. The van der Waals surface area contributed by atoms with Crippen molar-refractivity contribution >= 4 is 93.2 Å². The fraction of sp³-hybridized carbons (Fsp3) is 0. The van der Waals surface area contributed by atoms with Crippen molar-refractivity contribution in [2.24, 2.45) is 0 Å². The molecule has 0 aliphatic carbocycles. The summed E-state index contributed by atoms with van der Waals surface area (Å²) in [6.45, 7) is 0. The lowest BCUT2D eigenvalue weighted by Crippen LogP contribution is -2.10. The zero-order chi connectivity index (χ0) is 37.5. The maximum absolute atomic E-state index is 6.63. The maximum atomic E-state index is 6.63. The Hall–Kier alpha value is -7.69. The van der Waals surface area contributed by atoms with Crippen LogP contribution in [0, 0.1) is 0 Å². The Labute approximate surface area is 327 Å². The minimum atomic E-state index is 0.618. The number of hydrogen-bond acceptors (Lipinski definition) is 4. The molecule has 0 amide bonds. The van der Waals surface area contributed by atoms with Crippen LogP contribution in [0.25, 0.3) is 98.7 Å². The van der Waals surface area contributed by atoms with E-state index in [1.807, 2.05) is 36.4 Å². The van der Waals surface area contributed by atoms with Gasteiger partial charge < -0.3 is 13.7 Å². The zero-order valence-corrected chi connectivity index (χ0v) is 30.7. The number of aromatic nitrogens is 1. The Morgan fingerprint density at radius 1 is 0.368 bits per heavy atom. The molecule has 12 aromatic rings. The molecule has 0 saturated heterocycles. The summed E-state index contributed by atoms with van der Waals surface area (Å²) in [6, 6.07) is 68.8. The lowest BCUT2D eigenvalue weighted by molar-refractivity contribution is 0.623. The van der Waals surface area contributed by atoms with E-state index < -0.39 is 0 Å². The molecule has 0 fully saturated rings. The Morgan fingerprint density at radius 2 is 1.04 bits per heavy atom. The zero-order valence-electron chi connectivity index (χ0n) is 30.7. The number of rotatable bonds is 5. The van der Waals surface area contributed by atoms with E-state index in [0.717, 1.165) is 88.3 Å². The maximum Gasteiger partial charge on any atom is 0.227 e. The second kappa shape index (κ2) is 12.4. The molecule has 0 atom stereocenters. The molecule has 2 aromatic heterocycles. The van der Waals surface area contributed by atoms with Crippen LogP contribution in [0.4, 0.5) is 17.1 Å². The molecule has 2 heterocycles. The van der Waals surface area contributed by atoms with Crippen LogP contribution in [0.3, 0.4) is 0 Å². The minimum absolute atomic E-state index is 0.618. The molecule has 0 aliphatic rings. The second-order valence-electron chi connectivity index (χ2n) is 14.7. The second-order valence-corrected chi connectivity index (χ2v) is 14.7. The fourth-order valence-corrected chi connectivity index (χ4v) is 8.71. The van der Waals surface area contributed by atoms with E-state index in [9.17, 15) is 0 Å². The monoisotopic (exact) mass is 728 g/mol. The molecule has 10 aromatic carbocycles. The molecule has 0 radical (unpaired) electrons. The van der Waals surface area contributed by atoms with Crippen LogP contribution >= 0.6 is 0 Å². The summed E-state index contributed by atoms with van der Waals surface area (Å²) < 4.78 is 13.2. The predicted molar refractivity (Wildman–Crippen MR) is 237 cm³/mol. The molecular formula is C53H32N2O2. The van der Waals surface area contributed by atoms with Crippen LogP contribution in [0.15, 0.2) is 203 Å². The van der Waals surface area contributed by atoms with Crippen molar-refractivity contribution < 1.29 is 8.83 Å². The van der Waals surface area contributed by atoms with Gasteiger partial charge in [0.05, 0.1) is 5.69 Å². The summed E-state index contributed by atoms with van der Waals surface area (Å²) in [7, 11) is 0. The molecule has 0 unspecified atom stereocenters. The SMILES string of the molecule is c1ccc(-c2ccc3c(c2)oc2ccc(N(c4ccc5ccc6ccc7nc(-c8ccccc8)oc7c6c5c4)c4cc5ccccc5c5ccccc45)cc23)cc1. The summed E-state index contributed by atoms with van der Waals surface area (Å²) in [6.07, 6.45) is 0. The quantitative estimate of drug-likeness (QED) is 0.166. The molecule has 4 nitrogen and oxygen atoms in total. The van der Waals surface area contributed by atoms with Gasteiger partial charge in [-0.15, -0.1) is 0 Å². The van der Waals surface area contributed by atoms with Crippen LogP contribution in [0.2, 0.25) is 0 Å². The first kappa shape index (κ1) is 31.6. The third-order valence-electron chi connectivity index (χ3n) is 11.4. The van der Waals surface area contributed by atoms with E-state index in [4.69, 9.17) is 13.8 Å². The number of oxazole rings is 1. The van der Waals surface area contributed by atoms with Gasteiger partial charge in [0.1, 0.15) is 16.7 Å². The van der Waals surface area contributed by atoms with E-state index in [2.05, 4.69) is 163 Å². The summed E-state index contributed by atoms with van der Waals surface area (Å²) in [4.78, 5) is 7.34. The summed E-state index contributed by atoms with van der Waals surface area (Å²) in [5.74, 6) is 0.618. The van der Waals surface area contributed by atoms with Crippen LogP contribution in [-0.2, 0) is 0 Å². The first-order valence-electron chi connectivity index (χ1n) is 19.3. The van der Waals surface area contributed by atoms with Gasteiger partial charge in [0, 0.05) is 38.5 Å². The number of nitrogens with zero attached hydrogens (tertiary/aromatic N) is 2. The van der Waals surface area contributed by atoms with Crippen molar-refractivity contribution in [3.05, 3.63) is 194 Å². The third-order valence-corrected chi connectivity index (χ3v) is 11.4. The number of benzene rings is 10. The van der Waals surface area contributed by atoms with E-state index >= 15 is 0 Å². The predicted octanol–water partition coefficient (Wildman–Crippen LogP) is 15.1. The summed E-state index contributed by atoms with van der Waals surface area (Å²) in [5, 5.41) is 11.3. The number of furan rings is 1. The van der Waals surface area contributed by atoms with Crippen molar-refractivity contribution in [3.8, 4) is 22.6 Å². The molecule has 12 rings (SSSR count). The standard InChI is InChI=1S/C53H32N2O2/c1-3-11-33(12-4-1)37-22-26-44-46-32-40(25-28-49(46)56-50(44)30-37)55(48-29-38-15-7-8-16-41(38)42-17-9-10-18-43(42)48)39-24-21-34-19-20-35-23-27-47-52(51(35)45(34)31-39)57-53(54-47)36-13-5-2-6-14-36/h1-32H. The van der Waals surface area contributed by atoms with Gasteiger partial charge in [0.2, 0.25) is 5.89 Å². The highest BCUT2D eigenvalue weighted by molar-refractivity contribution is 6.20. The van der Waals surface area contributed by atoms with Gasteiger partial charge in [-0.3, -0.25) is 0 Å². The van der Waals surface area contributed by atoms with Gasteiger partial charge in [0.25, 0.3) is 0 Å². The number of fused-ring (bicyclic) bond motifs is 11. The minimum Gasteiger partial charge on any atom is -0.456 e. The largest absolute Gasteiger partial charge is 0.456 e. The molecule has 0 saturated carbocycles. The van der Waals surface area contributed by atoms with Gasteiger partial charge >= 0.3 is 0 Å². The number of hydrogen-bond donors (Lipinski definition) is 0. The average Bonchev–Trinajstić information content (AvgIpc) is 3.88. The molecule has 266 valence electrons. The molecule has 0 aliphatic heterocycles. The highest BCUT2D eigenvalue weighted by Crippen LogP contribution is 2.45. The van der Waals surface area contributed by atoms with Crippen molar-refractivity contribution in [2.75, 3.05) is 4.90 Å². The van der Waals surface area contributed by atoms with E-state index in [1.54, 1.807) is 0 Å². The van der Waals surface area contributed by atoms with Gasteiger partial charge in [0.15, 0.2) is 5.58 Å². The van der Waals surface area contributed by atoms with Crippen LogP contribution in [0.1, 0.15) is 0 Å². The molecule has 0 spiro atoms. The molecule has 0 N–H and O–H groups in total.